The Kier molecular flexibility index (Phi) is 4.62. The molecule has 0 saturated carbocycles. The number of rotatable bonds is 4. The molecule has 4 rings (SSSR count). The lowest BCUT2D eigenvalue weighted by atomic mass is 10.2. The number of nitrogens with zero attached hydrogens (tertiary/aromatic N) is 6. The number of fused-ring (bicyclic) bond motifs is 1. The van der Waals surface area contributed by atoms with Crippen molar-refractivity contribution in [1.82, 2.24) is 29.3 Å². The molecule has 4 heterocycles. The standard InChI is InChI=1S/C19H22N6O2/c1-3-18(26)24-9-5-4-6-15(12-24)27-19-17-7-8-20-25(17)13-16(22-19)14-10-21-23(2)11-14/h3,7-8,10-11,13,15H,1,4-6,9,12H2,2H3/t15-/m1/s1. The third kappa shape index (κ3) is 3.55. The molecular formula is C19H22N6O2. The van der Waals surface area contributed by atoms with Crippen LogP contribution in [0.15, 0.2) is 43.5 Å². The van der Waals surface area contributed by atoms with Gasteiger partial charge in [0.15, 0.2) is 0 Å². The van der Waals surface area contributed by atoms with Gasteiger partial charge in [-0.15, -0.1) is 0 Å². The van der Waals surface area contributed by atoms with Gasteiger partial charge in [-0.3, -0.25) is 9.48 Å². The van der Waals surface area contributed by atoms with Gasteiger partial charge in [-0.2, -0.15) is 10.2 Å². The first-order valence-electron chi connectivity index (χ1n) is 9.05. The maximum Gasteiger partial charge on any atom is 0.246 e. The fourth-order valence-corrected chi connectivity index (χ4v) is 3.36. The fourth-order valence-electron chi connectivity index (χ4n) is 3.36. The van der Waals surface area contributed by atoms with Gasteiger partial charge in [0.25, 0.3) is 0 Å². The molecule has 1 fully saturated rings. The lowest BCUT2D eigenvalue weighted by Crippen LogP contribution is -2.37. The molecule has 1 saturated heterocycles. The van der Waals surface area contributed by atoms with E-state index in [4.69, 9.17) is 9.72 Å². The van der Waals surface area contributed by atoms with Gasteiger partial charge in [0.2, 0.25) is 11.8 Å². The second-order valence-corrected chi connectivity index (χ2v) is 6.72. The van der Waals surface area contributed by atoms with E-state index in [1.54, 1.807) is 26.5 Å². The molecule has 0 spiro atoms. The van der Waals surface area contributed by atoms with E-state index < -0.39 is 0 Å². The van der Waals surface area contributed by atoms with Gasteiger partial charge >= 0.3 is 0 Å². The summed E-state index contributed by atoms with van der Waals surface area (Å²) in [5.74, 6) is 0.462. The van der Waals surface area contributed by atoms with Crippen LogP contribution in [0, 0.1) is 0 Å². The summed E-state index contributed by atoms with van der Waals surface area (Å²) >= 11 is 0. The van der Waals surface area contributed by atoms with Crippen LogP contribution in [0.25, 0.3) is 16.8 Å². The average Bonchev–Trinajstić information content (AvgIpc) is 3.25. The van der Waals surface area contributed by atoms with Crippen LogP contribution in [0.5, 0.6) is 5.88 Å². The zero-order valence-corrected chi connectivity index (χ0v) is 15.3. The minimum absolute atomic E-state index is 0.0583. The van der Waals surface area contributed by atoms with Crippen molar-refractivity contribution in [2.24, 2.45) is 7.05 Å². The molecule has 1 atom stereocenters. The second-order valence-electron chi connectivity index (χ2n) is 6.72. The van der Waals surface area contributed by atoms with Crippen LogP contribution in [0.4, 0.5) is 0 Å². The zero-order valence-electron chi connectivity index (χ0n) is 15.3. The Balaban J connectivity index is 1.65. The van der Waals surface area contributed by atoms with Gasteiger partial charge in [-0.05, 0) is 31.4 Å². The lowest BCUT2D eigenvalue weighted by Gasteiger charge is -2.24. The van der Waals surface area contributed by atoms with E-state index in [0.717, 1.165) is 42.6 Å². The lowest BCUT2D eigenvalue weighted by molar-refractivity contribution is -0.126. The molecule has 0 N–H and O–H groups in total. The van der Waals surface area contributed by atoms with E-state index in [1.165, 1.54) is 6.08 Å². The number of likely N-dealkylation sites (tertiary alicyclic amines) is 1. The molecule has 0 bridgehead atoms. The smallest absolute Gasteiger partial charge is 0.246 e. The van der Waals surface area contributed by atoms with Crippen LogP contribution in [-0.4, -0.2) is 54.4 Å². The van der Waals surface area contributed by atoms with Crippen molar-refractivity contribution < 1.29 is 9.53 Å². The van der Waals surface area contributed by atoms with E-state index in [2.05, 4.69) is 16.8 Å². The van der Waals surface area contributed by atoms with Crippen molar-refractivity contribution in [2.75, 3.05) is 13.1 Å². The molecule has 3 aromatic heterocycles. The van der Waals surface area contributed by atoms with Gasteiger partial charge in [-0.1, -0.05) is 6.58 Å². The van der Waals surface area contributed by atoms with Gasteiger partial charge in [0, 0.05) is 25.4 Å². The minimum Gasteiger partial charge on any atom is -0.471 e. The molecule has 1 aliphatic heterocycles. The monoisotopic (exact) mass is 366 g/mol. The molecule has 8 nitrogen and oxygen atoms in total. The van der Waals surface area contributed by atoms with Crippen LogP contribution >= 0.6 is 0 Å². The first-order chi connectivity index (χ1) is 13.1. The van der Waals surface area contributed by atoms with Crippen LogP contribution < -0.4 is 4.74 Å². The van der Waals surface area contributed by atoms with Gasteiger partial charge in [-0.25, -0.2) is 9.50 Å². The third-order valence-corrected chi connectivity index (χ3v) is 4.75. The van der Waals surface area contributed by atoms with Crippen molar-refractivity contribution in [1.29, 1.82) is 0 Å². The maximum absolute atomic E-state index is 12.0. The number of hydrogen-bond donors (Lipinski definition) is 0. The molecule has 8 heteroatoms. The summed E-state index contributed by atoms with van der Waals surface area (Å²) in [6.07, 6.45) is 11.3. The topological polar surface area (TPSA) is 77.6 Å². The van der Waals surface area contributed by atoms with Crippen LogP contribution in [0.2, 0.25) is 0 Å². The second kappa shape index (κ2) is 7.22. The van der Waals surface area contributed by atoms with Gasteiger partial charge < -0.3 is 9.64 Å². The molecule has 27 heavy (non-hydrogen) atoms. The Labute approximate surface area is 157 Å². The maximum atomic E-state index is 12.0. The molecule has 0 unspecified atom stereocenters. The molecule has 1 aliphatic rings. The predicted octanol–water partition coefficient (Wildman–Crippen LogP) is 2.08. The molecular weight excluding hydrogens is 344 g/mol. The first kappa shape index (κ1) is 17.3. The largest absolute Gasteiger partial charge is 0.471 e. The number of hydrogen-bond acceptors (Lipinski definition) is 5. The van der Waals surface area contributed by atoms with Crippen LogP contribution in [0.1, 0.15) is 19.3 Å². The number of aromatic nitrogens is 5. The Morgan fingerprint density at radius 1 is 1.33 bits per heavy atom. The Bertz CT molecular complexity index is 976. The third-order valence-electron chi connectivity index (χ3n) is 4.75. The summed E-state index contributed by atoms with van der Waals surface area (Å²) in [5, 5.41) is 8.54. The SMILES string of the molecule is C=CC(=O)N1CCCC[C@@H](Oc2nc(-c3cnn(C)c3)cn3nccc23)C1. The molecule has 0 aliphatic carbocycles. The van der Waals surface area contributed by atoms with E-state index in [1.807, 2.05) is 25.5 Å². The Morgan fingerprint density at radius 3 is 3.00 bits per heavy atom. The molecule has 3 aromatic rings. The molecule has 0 radical (unpaired) electrons. The summed E-state index contributed by atoms with van der Waals surface area (Å²) in [7, 11) is 1.87. The average molecular weight is 366 g/mol. The van der Waals surface area contributed by atoms with E-state index in [9.17, 15) is 4.79 Å². The summed E-state index contributed by atoms with van der Waals surface area (Å²) in [6.45, 7) is 4.86. The van der Waals surface area contributed by atoms with Gasteiger partial charge in [0.05, 0.1) is 30.8 Å². The van der Waals surface area contributed by atoms with E-state index in [-0.39, 0.29) is 12.0 Å². The van der Waals surface area contributed by atoms with Crippen molar-refractivity contribution in [3.05, 3.63) is 43.5 Å². The number of amides is 1. The van der Waals surface area contributed by atoms with Crippen LogP contribution in [-0.2, 0) is 11.8 Å². The van der Waals surface area contributed by atoms with E-state index >= 15 is 0 Å². The number of carbonyl (C=O) groups is 1. The summed E-state index contributed by atoms with van der Waals surface area (Å²) in [6, 6.07) is 1.87. The van der Waals surface area contributed by atoms with Crippen LogP contribution in [0.3, 0.4) is 0 Å². The predicted molar refractivity (Wildman–Crippen MR) is 100 cm³/mol. The minimum atomic E-state index is -0.119. The summed E-state index contributed by atoms with van der Waals surface area (Å²) in [5.41, 5.74) is 2.43. The summed E-state index contributed by atoms with van der Waals surface area (Å²) < 4.78 is 9.76. The number of ether oxygens (including phenoxy) is 1. The highest BCUT2D eigenvalue weighted by Gasteiger charge is 2.23. The van der Waals surface area contributed by atoms with Crippen molar-refractivity contribution >= 4 is 11.4 Å². The number of aryl methyl sites for hydroxylation is 1. The highest BCUT2D eigenvalue weighted by Crippen LogP contribution is 2.26. The quantitative estimate of drug-likeness (QED) is 0.661. The highest BCUT2D eigenvalue weighted by atomic mass is 16.5. The van der Waals surface area contributed by atoms with Crippen molar-refractivity contribution in [3.8, 4) is 17.1 Å². The Morgan fingerprint density at radius 2 is 2.22 bits per heavy atom. The Hall–Kier alpha value is -3.16. The molecule has 0 aromatic carbocycles. The van der Waals surface area contributed by atoms with Crippen molar-refractivity contribution in [2.45, 2.75) is 25.4 Å². The normalized spacial score (nSPS) is 17.7. The highest BCUT2D eigenvalue weighted by molar-refractivity contribution is 5.87. The summed E-state index contributed by atoms with van der Waals surface area (Å²) in [4.78, 5) is 18.5. The first-order valence-corrected chi connectivity index (χ1v) is 9.05. The van der Waals surface area contributed by atoms with Gasteiger partial charge in [0.1, 0.15) is 11.6 Å². The molecule has 140 valence electrons. The van der Waals surface area contributed by atoms with Crippen molar-refractivity contribution in [3.63, 3.8) is 0 Å². The molecule has 1 amide bonds. The number of carbonyl (C=O) groups excluding carboxylic acids is 1. The van der Waals surface area contributed by atoms with E-state index in [0.29, 0.717) is 12.4 Å². The fraction of sp³-hybridized carbons (Fsp3) is 0.368. The zero-order chi connectivity index (χ0) is 18.8.